The predicted octanol–water partition coefficient (Wildman–Crippen LogP) is 3.15. The summed E-state index contributed by atoms with van der Waals surface area (Å²) in [5.41, 5.74) is -4.10. The molecule has 0 bridgehead atoms. The largest absolute Gasteiger partial charge is 0.478 e. The topological polar surface area (TPSA) is 128 Å². The first-order valence-electron chi connectivity index (χ1n) is 10.5. The molecule has 4 atom stereocenters. The SMILES string of the molecule is C[C@@]1(F)[C@H](c2c(Cl)cccc2C(=O)O)[C@H](COC(=O)c2ccccc2)O[C@H]1n1ccc(=O)[nH]c1=O. The molecular weight excluding hydrogens is 483 g/mol. The first kappa shape index (κ1) is 24.4. The smallest absolute Gasteiger partial charge is 0.338 e. The molecular formula is C24H20ClFN2O7. The number of H-pyrrole nitrogens is 1. The zero-order valence-corrected chi connectivity index (χ0v) is 19.1. The van der Waals surface area contributed by atoms with Crippen LogP contribution in [-0.4, -0.2) is 45.0 Å². The molecule has 11 heteroatoms. The Kier molecular flexibility index (Phi) is 6.60. The number of benzene rings is 2. The fourth-order valence-electron chi connectivity index (χ4n) is 4.30. The lowest BCUT2D eigenvalue weighted by Gasteiger charge is -2.29. The number of aromatic amines is 1. The summed E-state index contributed by atoms with van der Waals surface area (Å²) in [6, 6.07) is 13.2. The highest BCUT2D eigenvalue weighted by molar-refractivity contribution is 6.32. The number of carbonyl (C=O) groups is 2. The predicted molar refractivity (Wildman–Crippen MR) is 123 cm³/mol. The average molecular weight is 503 g/mol. The molecule has 2 heterocycles. The monoisotopic (exact) mass is 502 g/mol. The molecule has 0 aliphatic carbocycles. The van der Waals surface area contributed by atoms with Crippen molar-refractivity contribution in [2.24, 2.45) is 0 Å². The van der Waals surface area contributed by atoms with Crippen LogP contribution in [0.1, 0.15) is 45.3 Å². The lowest BCUT2D eigenvalue weighted by atomic mass is 9.80. The van der Waals surface area contributed by atoms with Gasteiger partial charge in [0.05, 0.1) is 17.0 Å². The maximum Gasteiger partial charge on any atom is 0.338 e. The molecule has 182 valence electrons. The van der Waals surface area contributed by atoms with Crippen LogP contribution in [0.2, 0.25) is 5.02 Å². The summed E-state index contributed by atoms with van der Waals surface area (Å²) in [6.07, 6.45) is -1.74. The number of ether oxygens (including phenoxy) is 2. The summed E-state index contributed by atoms with van der Waals surface area (Å²) < 4.78 is 28.6. The summed E-state index contributed by atoms with van der Waals surface area (Å²) in [4.78, 5) is 50.4. The third kappa shape index (κ3) is 4.62. The van der Waals surface area contributed by atoms with E-state index >= 15 is 4.39 Å². The Morgan fingerprint density at radius 3 is 2.54 bits per heavy atom. The lowest BCUT2D eigenvalue weighted by Crippen LogP contribution is -2.40. The van der Waals surface area contributed by atoms with Gasteiger partial charge in [0.2, 0.25) is 0 Å². The van der Waals surface area contributed by atoms with Crippen molar-refractivity contribution in [3.8, 4) is 0 Å². The van der Waals surface area contributed by atoms with Crippen molar-refractivity contribution in [1.82, 2.24) is 9.55 Å². The molecule has 0 radical (unpaired) electrons. The van der Waals surface area contributed by atoms with E-state index in [9.17, 15) is 24.3 Å². The van der Waals surface area contributed by atoms with Crippen LogP contribution in [0.25, 0.3) is 0 Å². The Hall–Kier alpha value is -3.76. The highest BCUT2D eigenvalue weighted by Crippen LogP contribution is 2.52. The van der Waals surface area contributed by atoms with Gasteiger partial charge in [-0.25, -0.2) is 18.8 Å². The number of nitrogens with zero attached hydrogens (tertiary/aromatic N) is 1. The number of halogens is 2. The van der Waals surface area contributed by atoms with Gasteiger partial charge in [0, 0.05) is 17.3 Å². The summed E-state index contributed by atoms with van der Waals surface area (Å²) in [5, 5.41) is 9.70. The molecule has 3 aromatic rings. The van der Waals surface area contributed by atoms with Crippen molar-refractivity contribution in [3.63, 3.8) is 0 Å². The Bertz CT molecular complexity index is 1390. The highest BCUT2D eigenvalue weighted by atomic mass is 35.5. The zero-order chi connectivity index (χ0) is 25.3. The number of aromatic nitrogens is 2. The zero-order valence-electron chi connectivity index (χ0n) is 18.3. The number of hydrogen-bond acceptors (Lipinski definition) is 6. The summed E-state index contributed by atoms with van der Waals surface area (Å²) in [6.45, 7) is 0.671. The number of carbonyl (C=O) groups excluding carboxylic acids is 1. The van der Waals surface area contributed by atoms with Crippen LogP contribution in [-0.2, 0) is 9.47 Å². The second kappa shape index (κ2) is 9.47. The molecule has 0 unspecified atom stereocenters. The van der Waals surface area contributed by atoms with E-state index in [4.69, 9.17) is 21.1 Å². The van der Waals surface area contributed by atoms with Gasteiger partial charge in [0.1, 0.15) is 12.7 Å². The number of aromatic carboxylic acids is 1. The maximum atomic E-state index is 16.5. The highest BCUT2D eigenvalue weighted by Gasteiger charge is 2.58. The average Bonchev–Trinajstić information content (AvgIpc) is 3.07. The minimum Gasteiger partial charge on any atom is -0.478 e. The van der Waals surface area contributed by atoms with Gasteiger partial charge < -0.3 is 14.6 Å². The van der Waals surface area contributed by atoms with Gasteiger partial charge in [-0.1, -0.05) is 35.9 Å². The number of carboxylic acids is 1. The molecule has 1 aliphatic rings. The van der Waals surface area contributed by atoms with Crippen LogP contribution in [0.15, 0.2) is 70.4 Å². The molecule has 2 N–H and O–H groups in total. The number of alkyl halides is 1. The maximum absolute atomic E-state index is 16.5. The lowest BCUT2D eigenvalue weighted by molar-refractivity contribution is -0.0643. The molecule has 1 aromatic heterocycles. The van der Waals surface area contributed by atoms with Crippen molar-refractivity contribution in [2.75, 3.05) is 6.61 Å². The second-order valence-electron chi connectivity index (χ2n) is 8.14. The van der Waals surface area contributed by atoms with E-state index in [0.29, 0.717) is 0 Å². The van der Waals surface area contributed by atoms with E-state index in [1.54, 1.807) is 18.2 Å². The standard InChI is InChI=1S/C24H20ClFN2O7/c1-24(26)19(18-14(20(30)31)8-5-9-15(18)25)16(12-34-21(32)13-6-3-2-4-7-13)35-22(24)28-11-10-17(29)27-23(28)33/h2-11,16,19,22H,12H2,1H3,(H,30,31)(H,27,29,33)/t16-,19-,22+,24+/m0/s1. The summed E-state index contributed by atoms with van der Waals surface area (Å²) in [7, 11) is 0. The fourth-order valence-corrected chi connectivity index (χ4v) is 4.59. The molecule has 0 spiro atoms. The van der Waals surface area contributed by atoms with Crippen molar-refractivity contribution >= 4 is 23.5 Å². The van der Waals surface area contributed by atoms with Gasteiger partial charge in [-0.3, -0.25) is 14.3 Å². The second-order valence-corrected chi connectivity index (χ2v) is 8.55. The summed E-state index contributed by atoms with van der Waals surface area (Å²) >= 11 is 6.34. The number of esters is 1. The molecule has 2 aromatic carbocycles. The van der Waals surface area contributed by atoms with Crippen molar-refractivity contribution in [3.05, 3.63) is 103 Å². The van der Waals surface area contributed by atoms with E-state index in [2.05, 4.69) is 0 Å². The van der Waals surface area contributed by atoms with Crippen LogP contribution < -0.4 is 11.2 Å². The van der Waals surface area contributed by atoms with E-state index in [-0.39, 0.29) is 21.7 Å². The van der Waals surface area contributed by atoms with Crippen LogP contribution in [0.4, 0.5) is 4.39 Å². The Morgan fingerprint density at radius 2 is 1.89 bits per heavy atom. The van der Waals surface area contributed by atoms with Crippen molar-refractivity contribution in [1.29, 1.82) is 0 Å². The van der Waals surface area contributed by atoms with Crippen LogP contribution in [0.3, 0.4) is 0 Å². The molecule has 4 rings (SSSR count). The first-order chi connectivity index (χ1) is 16.6. The molecule has 1 aliphatic heterocycles. The molecule has 0 saturated carbocycles. The van der Waals surface area contributed by atoms with Gasteiger partial charge in [-0.15, -0.1) is 0 Å². The number of nitrogens with one attached hydrogen (secondary N) is 1. The normalized spacial score (nSPS) is 23.7. The Balaban J connectivity index is 1.78. The molecule has 1 fully saturated rings. The number of hydrogen-bond donors (Lipinski definition) is 2. The minimum absolute atomic E-state index is 0.0313. The van der Waals surface area contributed by atoms with Gasteiger partial charge >= 0.3 is 17.6 Å². The summed E-state index contributed by atoms with van der Waals surface area (Å²) in [5.74, 6) is -3.39. The van der Waals surface area contributed by atoms with Crippen LogP contribution in [0.5, 0.6) is 0 Å². The Morgan fingerprint density at radius 1 is 1.17 bits per heavy atom. The van der Waals surface area contributed by atoms with Crippen molar-refractivity contribution in [2.45, 2.75) is 30.8 Å². The van der Waals surface area contributed by atoms with E-state index < -0.39 is 53.7 Å². The number of carboxylic acid groups (broad SMARTS) is 1. The minimum atomic E-state index is -2.42. The third-order valence-electron chi connectivity index (χ3n) is 5.85. The van der Waals surface area contributed by atoms with Gasteiger partial charge in [-0.05, 0) is 36.8 Å². The Labute approximate surface area is 202 Å². The van der Waals surface area contributed by atoms with Gasteiger partial charge in [-0.2, -0.15) is 0 Å². The third-order valence-corrected chi connectivity index (χ3v) is 6.18. The van der Waals surface area contributed by atoms with Gasteiger partial charge in [0.15, 0.2) is 11.9 Å². The van der Waals surface area contributed by atoms with E-state index in [1.807, 2.05) is 4.98 Å². The molecule has 35 heavy (non-hydrogen) atoms. The van der Waals surface area contributed by atoms with Crippen LogP contribution in [0, 0.1) is 0 Å². The molecule has 0 amide bonds. The molecule has 1 saturated heterocycles. The first-order valence-corrected chi connectivity index (χ1v) is 10.9. The van der Waals surface area contributed by atoms with E-state index in [0.717, 1.165) is 23.8 Å². The van der Waals surface area contributed by atoms with Crippen molar-refractivity contribution < 1.29 is 28.6 Å². The van der Waals surface area contributed by atoms with E-state index in [1.165, 1.54) is 30.3 Å². The number of rotatable bonds is 6. The molecule has 9 nitrogen and oxygen atoms in total. The van der Waals surface area contributed by atoms with Gasteiger partial charge in [0.25, 0.3) is 5.56 Å². The van der Waals surface area contributed by atoms with Crippen LogP contribution >= 0.6 is 11.6 Å². The fraction of sp³-hybridized carbons (Fsp3) is 0.250. The quantitative estimate of drug-likeness (QED) is 0.495.